The van der Waals surface area contributed by atoms with Gasteiger partial charge in [-0.15, -0.1) is 0 Å². The molecule has 1 heterocycles. The molecule has 0 aliphatic heterocycles. The van der Waals surface area contributed by atoms with E-state index in [4.69, 9.17) is 0 Å². The number of H-pyrrole nitrogens is 1. The van der Waals surface area contributed by atoms with E-state index < -0.39 is 6.04 Å². The van der Waals surface area contributed by atoms with Crippen molar-refractivity contribution in [3.8, 4) is 0 Å². The van der Waals surface area contributed by atoms with Gasteiger partial charge in [-0.1, -0.05) is 42.5 Å². The van der Waals surface area contributed by atoms with Crippen LogP contribution in [0.2, 0.25) is 0 Å². The van der Waals surface area contributed by atoms with E-state index >= 15 is 0 Å². The highest BCUT2D eigenvalue weighted by Gasteiger charge is 2.26. The van der Waals surface area contributed by atoms with Crippen LogP contribution in [0.25, 0.3) is 10.9 Å². The highest BCUT2D eigenvalue weighted by Crippen LogP contribution is 2.13. The summed E-state index contributed by atoms with van der Waals surface area (Å²) < 4.78 is 0.888. The van der Waals surface area contributed by atoms with Crippen LogP contribution in [0.1, 0.15) is 30.4 Å². The average molecular weight is 494 g/mol. The number of fused-ring (bicyclic) bond motifs is 1. The van der Waals surface area contributed by atoms with Crippen LogP contribution in [0.15, 0.2) is 66.9 Å². The monoisotopic (exact) mass is 493 g/mol. The number of aryl methyl sites for hydroxylation is 1. The number of benzene rings is 2. The van der Waals surface area contributed by atoms with Crippen LogP contribution < -0.4 is 21.8 Å². The molecule has 0 bridgehead atoms. The molecule has 1 aromatic heterocycles. The SMILES string of the molecule is C[N+](C)(CC[NH3+])CCC[C@H]([NH3+])C(=O)N[C@@H](CCc1ccccc1)C(=O)Cc1c[nH+]c2ccccc2c1. The van der Waals surface area contributed by atoms with Gasteiger partial charge in [0.15, 0.2) is 18.0 Å². The number of para-hydroxylation sites is 1. The highest BCUT2D eigenvalue weighted by atomic mass is 16.2. The minimum absolute atomic E-state index is 0.0170. The van der Waals surface area contributed by atoms with Crippen molar-refractivity contribution in [1.29, 1.82) is 0 Å². The topological polar surface area (TPSA) is 116 Å². The normalized spacial score (nSPS) is 13.3. The molecule has 2 atom stereocenters. The summed E-state index contributed by atoms with van der Waals surface area (Å²) in [5.41, 5.74) is 11.1. The number of aromatic amines is 1. The lowest BCUT2D eigenvalue weighted by molar-refractivity contribution is -0.895. The van der Waals surface area contributed by atoms with Gasteiger partial charge in [-0.05, 0) is 30.5 Å². The second-order valence-electron chi connectivity index (χ2n) is 10.4. The maximum atomic E-state index is 13.4. The summed E-state index contributed by atoms with van der Waals surface area (Å²) in [7, 11) is 4.37. The van der Waals surface area contributed by atoms with E-state index in [0.717, 1.165) is 59.0 Å². The highest BCUT2D eigenvalue weighted by molar-refractivity contribution is 5.91. The van der Waals surface area contributed by atoms with Crippen LogP contribution in [0, 0.1) is 0 Å². The van der Waals surface area contributed by atoms with Gasteiger partial charge < -0.3 is 21.3 Å². The Morgan fingerprint density at radius 2 is 1.69 bits per heavy atom. The number of nitrogens with one attached hydrogen (secondary N) is 2. The smallest absolute Gasteiger partial charge is 0.278 e. The Morgan fingerprint density at radius 3 is 2.44 bits per heavy atom. The summed E-state index contributed by atoms with van der Waals surface area (Å²) in [4.78, 5) is 29.7. The third-order valence-corrected chi connectivity index (χ3v) is 6.81. The van der Waals surface area contributed by atoms with Crippen LogP contribution in [0.3, 0.4) is 0 Å². The summed E-state index contributed by atoms with van der Waals surface area (Å²) in [5, 5.41) is 4.10. The predicted molar refractivity (Wildman–Crippen MR) is 141 cm³/mol. The largest absolute Gasteiger partial charge is 0.353 e. The van der Waals surface area contributed by atoms with Gasteiger partial charge in [0.1, 0.15) is 13.1 Å². The Bertz CT molecular complexity index is 1130. The van der Waals surface area contributed by atoms with Gasteiger partial charge in [-0.2, -0.15) is 0 Å². The van der Waals surface area contributed by atoms with Crippen molar-refractivity contribution in [2.75, 3.05) is 33.7 Å². The minimum Gasteiger partial charge on any atom is -0.353 e. The van der Waals surface area contributed by atoms with E-state index in [1.165, 1.54) is 0 Å². The van der Waals surface area contributed by atoms with Crippen molar-refractivity contribution >= 4 is 22.6 Å². The molecule has 36 heavy (non-hydrogen) atoms. The lowest BCUT2D eigenvalue weighted by Crippen LogP contribution is -2.68. The number of nitrogens with zero attached hydrogens (tertiary/aromatic N) is 1. The molecule has 0 spiro atoms. The third kappa shape index (κ3) is 8.52. The number of rotatable bonds is 14. The predicted octanol–water partition coefficient (Wildman–Crippen LogP) is 0.592. The average Bonchev–Trinajstić information content (AvgIpc) is 2.86. The van der Waals surface area contributed by atoms with Crippen LogP contribution >= 0.6 is 0 Å². The molecule has 7 nitrogen and oxygen atoms in total. The van der Waals surface area contributed by atoms with Crippen molar-refractivity contribution < 1.29 is 30.5 Å². The van der Waals surface area contributed by atoms with Crippen molar-refractivity contribution in [3.05, 3.63) is 78.0 Å². The van der Waals surface area contributed by atoms with Crippen LogP contribution in [-0.4, -0.2) is 62.0 Å². The maximum absolute atomic E-state index is 13.4. The number of hydrogen-bond acceptors (Lipinski definition) is 2. The zero-order chi connectivity index (χ0) is 26.0. The fourth-order valence-electron chi connectivity index (χ4n) is 4.59. The van der Waals surface area contributed by atoms with E-state index in [9.17, 15) is 9.59 Å². The Kier molecular flexibility index (Phi) is 10.1. The Balaban J connectivity index is 1.64. The van der Waals surface area contributed by atoms with Crippen LogP contribution in [0.4, 0.5) is 0 Å². The van der Waals surface area contributed by atoms with Crippen molar-refractivity contribution in [1.82, 2.24) is 5.32 Å². The molecule has 192 valence electrons. The summed E-state index contributed by atoms with van der Waals surface area (Å²) in [6.07, 6.45) is 5.03. The molecule has 0 radical (unpaired) electrons. The number of hydrogen-bond donors (Lipinski definition) is 3. The third-order valence-electron chi connectivity index (χ3n) is 6.81. The first-order valence-corrected chi connectivity index (χ1v) is 13.0. The number of Topliss-reactive ketones (excluding diaryl/α,β-unsaturated/α-hetero) is 1. The molecular formula is C29H43N5O2+4. The Labute approximate surface area is 214 Å². The molecular weight excluding hydrogens is 450 g/mol. The first-order chi connectivity index (χ1) is 17.3. The van der Waals surface area contributed by atoms with E-state index in [-0.39, 0.29) is 24.2 Å². The molecule has 0 unspecified atom stereocenters. The summed E-state index contributed by atoms with van der Waals surface area (Å²) >= 11 is 0. The lowest BCUT2D eigenvalue weighted by Gasteiger charge is -2.28. The summed E-state index contributed by atoms with van der Waals surface area (Å²) in [6, 6.07) is 19.2. The Morgan fingerprint density at radius 1 is 0.972 bits per heavy atom. The van der Waals surface area contributed by atoms with Crippen LogP contribution in [-0.2, 0) is 22.4 Å². The molecule has 0 saturated heterocycles. The van der Waals surface area contributed by atoms with E-state index in [1.807, 2.05) is 54.7 Å². The molecule has 0 aliphatic rings. The fourth-order valence-corrected chi connectivity index (χ4v) is 4.59. The maximum Gasteiger partial charge on any atom is 0.278 e. The van der Waals surface area contributed by atoms with Gasteiger partial charge in [0.05, 0.1) is 26.7 Å². The zero-order valence-corrected chi connectivity index (χ0v) is 21.8. The van der Waals surface area contributed by atoms with Gasteiger partial charge in [0.2, 0.25) is 5.52 Å². The molecule has 2 aromatic carbocycles. The molecule has 8 N–H and O–H groups in total. The fraction of sp³-hybridized carbons (Fsp3) is 0.414. The van der Waals surface area contributed by atoms with Crippen molar-refractivity contribution in [3.63, 3.8) is 0 Å². The summed E-state index contributed by atoms with van der Waals surface area (Å²) in [5.74, 6) is -0.127. The van der Waals surface area contributed by atoms with Gasteiger partial charge in [-0.3, -0.25) is 9.59 Å². The standard InChI is InChI=1S/C29H39N5O2/c1-34(2,18-16-30)17-8-12-25(31)29(36)33-27(15-14-22-9-4-3-5-10-22)28(35)20-23-19-24-11-6-7-13-26(24)32-21-23/h3-7,9-11,13,19,21,25,27H,8,12,14-18,20,30-31H2,1-2H3/p+4/t25-,27-/m0/s1. The molecule has 7 heteroatoms. The second-order valence-corrected chi connectivity index (χ2v) is 10.4. The molecule has 3 aromatic rings. The van der Waals surface area contributed by atoms with Gasteiger partial charge in [0, 0.05) is 36.3 Å². The number of carbonyl (C=O) groups excluding carboxylic acids is 2. The lowest BCUT2D eigenvalue weighted by atomic mass is 9.97. The molecule has 0 aliphatic carbocycles. The minimum atomic E-state index is -0.549. The molecule has 0 saturated carbocycles. The molecule has 1 amide bonds. The molecule has 0 fully saturated rings. The van der Waals surface area contributed by atoms with Crippen LogP contribution in [0.5, 0.6) is 0 Å². The van der Waals surface area contributed by atoms with E-state index in [2.05, 4.69) is 48.0 Å². The quantitative estimate of drug-likeness (QED) is 0.285. The number of amides is 1. The number of aromatic nitrogens is 1. The number of quaternary nitrogens is 3. The number of pyridine rings is 1. The van der Waals surface area contributed by atoms with Crippen molar-refractivity contribution in [2.24, 2.45) is 0 Å². The van der Waals surface area contributed by atoms with Gasteiger partial charge in [-0.25, -0.2) is 4.98 Å². The molecule has 3 rings (SSSR count). The van der Waals surface area contributed by atoms with Gasteiger partial charge in [0.25, 0.3) is 5.91 Å². The number of carbonyl (C=O) groups is 2. The first-order valence-electron chi connectivity index (χ1n) is 13.0. The number of ketones is 1. The van der Waals surface area contributed by atoms with Gasteiger partial charge >= 0.3 is 0 Å². The van der Waals surface area contributed by atoms with E-state index in [1.54, 1.807) is 0 Å². The summed E-state index contributed by atoms with van der Waals surface area (Å²) in [6.45, 7) is 2.88. The zero-order valence-electron chi connectivity index (χ0n) is 21.8. The Hall–Kier alpha value is -3.13. The number of likely N-dealkylation sites (N-methyl/N-ethyl adjacent to an activating group) is 1. The second kappa shape index (κ2) is 13.3. The first kappa shape index (κ1) is 27.5. The van der Waals surface area contributed by atoms with E-state index in [0.29, 0.717) is 12.8 Å². The van der Waals surface area contributed by atoms with Crippen molar-refractivity contribution in [2.45, 2.75) is 44.2 Å².